The zero-order valence-electron chi connectivity index (χ0n) is 10.1. The molecule has 0 aliphatic carbocycles. The van der Waals surface area contributed by atoms with Crippen molar-refractivity contribution in [1.29, 1.82) is 0 Å². The van der Waals surface area contributed by atoms with Crippen LogP contribution >= 0.6 is 0 Å². The third-order valence-corrected chi connectivity index (χ3v) is 2.45. The van der Waals surface area contributed by atoms with Crippen LogP contribution in [0.4, 0.5) is 0 Å². The molecule has 0 amide bonds. The fraction of sp³-hybridized carbons (Fsp3) is 0.231. The lowest BCUT2D eigenvalue weighted by molar-refractivity contribution is 0.0518. The van der Waals surface area contributed by atoms with Gasteiger partial charge in [0, 0.05) is 0 Å². The first-order valence-corrected chi connectivity index (χ1v) is 5.46. The largest absolute Gasteiger partial charge is 0.495 e. The number of methoxy groups -OCH3 is 1. The molecular weight excluding hydrogens is 236 g/mol. The van der Waals surface area contributed by atoms with Gasteiger partial charge < -0.3 is 13.9 Å². The maximum atomic E-state index is 11.8. The highest BCUT2D eigenvalue weighted by Crippen LogP contribution is 2.27. The van der Waals surface area contributed by atoms with Crippen LogP contribution in [0, 0.1) is 0 Å². The van der Waals surface area contributed by atoms with Crippen LogP contribution in [-0.2, 0) is 4.74 Å². The molecule has 5 heteroatoms. The van der Waals surface area contributed by atoms with Gasteiger partial charge in [0.05, 0.1) is 19.1 Å². The van der Waals surface area contributed by atoms with E-state index in [9.17, 15) is 9.59 Å². The summed E-state index contributed by atoms with van der Waals surface area (Å²) in [4.78, 5) is 23.5. The van der Waals surface area contributed by atoms with E-state index >= 15 is 0 Å². The molecular formula is C13H12O5. The van der Waals surface area contributed by atoms with E-state index in [2.05, 4.69) is 0 Å². The number of esters is 1. The van der Waals surface area contributed by atoms with Crippen molar-refractivity contribution < 1.29 is 18.7 Å². The monoisotopic (exact) mass is 248 g/mol. The normalized spacial score (nSPS) is 10.3. The number of hydrogen-bond acceptors (Lipinski definition) is 5. The summed E-state index contributed by atoms with van der Waals surface area (Å²) in [6.07, 6.45) is 0. The molecule has 0 saturated carbocycles. The van der Waals surface area contributed by atoms with Crippen molar-refractivity contribution >= 4 is 16.9 Å². The molecule has 1 aromatic carbocycles. The van der Waals surface area contributed by atoms with Gasteiger partial charge >= 0.3 is 11.6 Å². The van der Waals surface area contributed by atoms with E-state index in [1.165, 1.54) is 7.11 Å². The number of ether oxygens (including phenoxy) is 2. The zero-order valence-corrected chi connectivity index (χ0v) is 10.1. The predicted molar refractivity (Wildman–Crippen MR) is 65.0 cm³/mol. The molecule has 0 radical (unpaired) electrons. The van der Waals surface area contributed by atoms with Crippen LogP contribution in [0.2, 0.25) is 0 Å². The lowest BCUT2D eigenvalue weighted by atomic mass is 10.1. The maximum Gasteiger partial charge on any atom is 0.354 e. The van der Waals surface area contributed by atoms with Gasteiger partial charge in [0.2, 0.25) is 0 Å². The number of carbonyl (C=O) groups is 1. The fourth-order valence-electron chi connectivity index (χ4n) is 1.71. The van der Waals surface area contributed by atoms with Crippen molar-refractivity contribution in [2.45, 2.75) is 6.92 Å². The molecule has 0 aliphatic rings. The summed E-state index contributed by atoms with van der Waals surface area (Å²) in [6, 6.07) is 6.84. The van der Waals surface area contributed by atoms with Gasteiger partial charge in [-0.1, -0.05) is 12.1 Å². The highest BCUT2D eigenvalue weighted by atomic mass is 16.5. The van der Waals surface area contributed by atoms with Crippen LogP contribution in [0.25, 0.3) is 11.0 Å². The highest BCUT2D eigenvalue weighted by molar-refractivity contribution is 5.98. The SMILES string of the molecule is CCOC(=O)c1c(OC)c2ccccc2oc1=O. The second-order valence-corrected chi connectivity index (χ2v) is 3.51. The van der Waals surface area contributed by atoms with Crippen LogP contribution in [0.1, 0.15) is 17.3 Å². The number of para-hydroxylation sites is 1. The molecule has 0 saturated heterocycles. The van der Waals surface area contributed by atoms with Gasteiger partial charge in [-0.05, 0) is 19.1 Å². The van der Waals surface area contributed by atoms with E-state index in [1.807, 2.05) is 0 Å². The van der Waals surface area contributed by atoms with Gasteiger partial charge in [0.25, 0.3) is 0 Å². The Morgan fingerprint density at radius 2 is 2.06 bits per heavy atom. The first-order chi connectivity index (χ1) is 8.69. The summed E-state index contributed by atoms with van der Waals surface area (Å²) in [5.41, 5.74) is -0.602. The summed E-state index contributed by atoms with van der Waals surface area (Å²) >= 11 is 0. The molecule has 0 spiro atoms. The predicted octanol–water partition coefficient (Wildman–Crippen LogP) is 1.98. The summed E-state index contributed by atoms with van der Waals surface area (Å²) < 4.78 is 15.0. The highest BCUT2D eigenvalue weighted by Gasteiger charge is 2.22. The Kier molecular flexibility index (Phi) is 3.32. The first-order valence-electron chi connectivity index (χ1n) is 5.46. The van der Waals surface area contributed by atoms with Gasteiger partial charge in [-0.3, -0.25) is 0 Å². The van der Waals surface area contributed by atoms with Gasteiger partial charge in [-0.2, -0.15) is 0 Å². The number of benzene rings is 1. The molecule has 0 aliphatic heterocycles. The van der Waals surface area contributed by atoms with Crippen molar-refractivity contribution in [3.05, 3.63) is 40.2 Å². The van der Waals surface area contributed by atoms with Crippen molar-refractivity contribution in [3.63, 3.8) is 0 Å². The molecule has 2 aromatic rings. The average molecular weight is 248 g/mol. The summed E-state index contributed by atoms with van der Waals surface area (Å²) in [7, 11) is 1.39. The minimum atomic E-state index is -0.760. The molecule has 1 aromatic heterocycles. The third kappa shape index (κ3) is 1.95. The summed E-state index contributed by atoms with van der Waals surface area (Å²) in [5.74, 6) is -0.561. The molecule has 0 N–H and O–H groups in total. The lowest BCUT2D eigenvalue weighted by Gasteiger charge is -2.08. The maximum absolute atomic E-state index is 11.8. The molecule has 0 atom stereocenters. The van der Waals surface area contributed by atoms with E-state index in [4.69, 9.17) is 13.9 Å². The number of fused-ring (bicyclic) bond motifs is 1. The molecule has 5 nitrogen and oxygen atoms in total. The van der Waals surface area contributed by atoms with Gasteiger partial charge in [0.15, 0.2) is 11.3 Å². The van der Waals surface area contributed by atoms with Crippen molar-refractivity contribution in [2.24, 2.45) is 0 Å². The second-order valence-electron chi connectivity index (χ2n) is 3.51. The smallest absolute Gasteiger partial charge is 0.354 e. The van der Waals surface area contributed by atoms with E-state index in [1.54, 1.807) is 31.2 Å². The minimum absolute atomic E-state index is 0.175. The van der Waals surface area contributed by atoms with Crippen molar-refractivity contribution in [1.82, 2.24) is 0 Å². The molecule has 0 bridgehead atoms. The van der Waals surface area contributed by atoms with E-state index in [0.29, 0.717) is 11.0 Å². The van der Waals surface area contributed by atoms with Crippen LogP contribution < -0.4 is 10.4 Å². The van der Waals surface area contributed by atoms with Gasteiger partial charge in [0.1, 0.15) is 5.58 Å². The van der Waals surface area contributed by atoms with E-state index < -0.39 is 11.6 Å². The summed E-state index contributed by atoms with van der Waals surface area (Å²) in [6.45, 7) is 1.83. The van der Waals surface area contributed by atoms with Crippen LogP contribution in [0.3, 0.4) is 0 Å². The van der Waals surface area contributed by atoms with E-state index in [0.717, 1.165) is 0 Å². The fourth-order valence-corrected chi connectivity index (χ4v) is 1.71. The Morgan fingerprint density at radius 3 is 2.72 bits per heavy atom. The van der Waals surface area contributed by atoms with Crippen molar-refractivity contribution in [3.8, 4) is 5.75 Å². The Hall–Kier alpha value is -2.30. The molecule has 18 heavy (non-hydrogen) atoms. The van der Waals surface area contributed by atoms with Crippen molar-refractivity contribution in [2.75, 3.05) is 13.7 Å². The van der Waals surface area contributed by atoms with Crippen LogP contribution in [0.15, 0.2) is 33.5 Å². The Labute approximate surface area is 103 Å². The Bertz CT molecular complexity index is 641. The van der Waals surface area contributed by atoms with E-state index in [-0.39, 0.29) is 17.9 Å². The molecule has 94 valence electrons. The molecule has 2 rings (SSSR count). The zero-order chi connectivity index (χ0) is 13.1. The third-order valence-electron chi connectivity index (χ3n) is 2.45. The minimum Gasteiger partial charge on any atom is -0.495 e. The first kappa shape index (κ1) is 12.2. The molecule has 0 unspecified atom stereocenters. The second kappa shape index (κ2) is 4.91. The molecule has 1 heterocycles. The Balaban J connectivity index is 2.76. The van der Waals surface area contributed by atoms with Crippen LogP contribution in [-0.4, -0.2) is 19.7 Å². The Morgan fingerprint density at radius 1 is 1.33 bits per heavy atom. The standard InChI is InChI=1S/C13H12O5/c1-3-17-12(14)10-11(16-2)8-6-4-5-7-9(8)18-13(10)15/h4-7H,3H2,1-2H3. The lowest BCUT2D eigenvalue weighted by Crippen LogP contribution is -2.18. The number of hydrogen-bond donors (Lipinski definition) is 0. The molecule has 0 fully saturated rings. The number of rotatable bonds is 3. The van der Waals surface area contributed by atoms with Gasteiger partial charge in [-0.15, -0.1) is 0 Å². The number of carbonyl (C=O) groups excluding carboxylic acids is 1. The average Bonchev–Trinajstić information content (AvgIpc) is 2.37. The van der Waals surface area contributed by atoms with Crippen LogP contribution in [0.5, 0.6) is 5.75 Å². The summed E-state index contributed by atoms with van der Waals surface area (Å²) in [5, 5.41) is 0.558. The topological polar surface area (TPSA) is 65.7 Å². The van der Waals surface area contributed by atoms with Gasteiger partial charge in [-0.25, -0.2) is 9.59 Å². The quantitative estimate of drug-likeness (QED) is 0.613.